The number of hydrogen-bond donors (Lipinski definition) is 0. The molecule has 1 saturated heterocycles. The summed E-state index contributed by atoms with van der Waals surface area (Å²) in [5.74, 6) is 1.84. The molecular formula is C14H16O2P2S2. The van der Waals surface area contributed by atoms with Gasteiger partial charge in [-0.3, -0.25) is 0 Å². The van der Waals surface area contributed by atoms with E-state index in [4.69, 9.17) is 9.47 Å². The van der Waals surface area contributed by atoms with Crippen molar-refractivity contribution >= 4 is 45.3 Å². The van der Waals surface area contributed by atoms with Crippen molar-refractivity contribution in [1.29, 1.82) is 0 Å². The number of hydrogen-bond acceptors (Lipinski definition) is 4. The van der Waals surface area contributed by atoms with Crippen molar-refractivity contribution in [3.8, 4) is 11.5 Å². The Morgan fingerprint density at radius 1 is 0.750 bits per heavy atom. The van der Waals surface area contributed by atoms with E-state index in [0.717, 1.165) is 18.5 Å². The minimum absolute atomic E-state index is 0.921. The second kappa shape index (κ2) is 6.15. The molecule has 106 valence electrons. The standard InChI is InChI=1S/C14H16O2P2S2/c1-15-11-3-7-13(8-4-11)18(19-17-20-18)14-9-5-12(16-2)6-10-14/h3-10,17-18H,1-2H3. The summed E-state index contributed by atoms with van der Waals surface area (Å²) in [4.78, 5) is 0. The Labute approximate surface area is 129 Å². The van der Waals surface area contributed by atoms with Crippen LogP contribution >= 0.6 is 34.7 Å². The molecule has 1 aliphatic heterocycles. The van der Waals surface area contributed by atoms with E-state index >= 15 is 0 Å². The van der Waals surface area contributed by atoms with Gasteiger partial charge in [0.2, 0.25) is 0 Å². The molecule has 0 radical (unpaired) electrons. The van der Waals surface area contributed by atoms with E-state index in [-0.39, 0.29) is 0 Å². The second-order valence-electron chi connectivity index (χ2n) is 4.36. The molecule has 2 aromatic carbocycles. The Morgan fingerprint density at radius 3 is 1.40 bits per heavy atom. The first-order chi connectivity index (χ1) is 9.78. The van der Waals surface area contributed by atoms with Crippen LogP contribution < -0.4 is 20.1 Å². The van der Waals surface area contributed by atoms with Gasteiger partial charge >= 0.3 is 129 Å². The molecule has 0 unspecified atom stereocenters. The zero-order chi connectivity index (χ0) is 14.0. The van der Waals surface area contributed by atoms with Crippen molar-refractivity contribution in [1.82, 2.24) is 0 Å². The van der Waals surface area contributed by atoms with Gasteiger partial charge in [0.05, 0.1) is 0 Å². The average Bonchev–Trinajstić information content (AvgIpc) is 2.47. The van der Waals surface area contributed by atoms with Crippen molar-refractivity contribution in [3.63, 3.8) is 0 Å². The fraction of sp³-hybridized carbons (Fsp3) is 0.143. The van der Waals surface area contributed by atoms with Gasteiger partial charge in [0.15, 0.2) is 0 Å². The fourth-order valence-electron chi connectivity index (χ4n) is 2.15. The van der Waals surface area contributed by atoms with Gasteiger partial charge in [-0.25, -0.2) is 0 Å². The molecule has 0 bridgehead atoms. The quantitative estimate of drug-likeness (QED) is 0.774. The van der Waals surface area contributed by atoms with Crippen LogP contribution in [0.25, 0.3) is 0 Å². The van der Waals surface area contributed by atoms with E-state index in [1.807, 2.05) is 0 Å². The van der Waals surface area contributed by atoms with Gasteiger partial charge in [-0.05, 0) is 0 Å². The van der Waals surface area contributed by atoms with Gasteiger partial charge < -0.3 is 0 Å². The normalized spacial score (nSPS) is 19.1. The van der Waals surface area contributed by atoms with Crippen LogP contribution in [0.1, 0.15) is 0 Å². The summed E-state index contributed by atoms with van der Waals surface area (Å²) in [5.41, 5.74) is -1.63. The summed E-state index contributed by atoms with van der Waals surface area (Å²) in [7, 11) is 3.42. The summed E-state index contributed by atoms with van der Waals surface area (Å²) in [6.45, 7) is 0.951. The molecule has 0 N–H and O–H groups in total. The Hall–Kier alpha value is -0.400. The summed E-state index contributed by atoms with van der Waals surface area (Å²) in [6.07, 6.45) is 0. The van der Waals surface area contributed by atoms with Crippen LogP contribution in [-0.2, 0) is 0 Å². The number of benzene rings is 2. The predicted octanol–water partition coefficient (Wildman–Crippen LogP) is 4.22. The van der Waals surface area contributed by atoms with Crippen LogP contribution in [0.5, 0.6) is 11.5 Å². The van der Waals surface area contributed by atoms with Crippen molar-refractivity contribution in [2.75, 3.05) is 14.2 Å². The summed E-state index contributed by atoms with van der Waals surface area (Å²) in [5, 5.41) is 2.91. The van der Waals surface area contributed by atoms with Crippen molar-refractivity contribution < 1.29 is 9.47 Å². The van der Waals surface area contributed by atoms with Gasteiger partial charge in [-0.2, -0.15) is 0 Å². The first-order valence-electron chi connectivity index (χ1n) is 6.18. The third-order valence-electron chi connectivity index (χ3n) is 3.31. The van der Waals surface area contributed by atoms with Crippen molar-refractivity contribution in [2.24, 2.45) is 0 Å². The minimum atomic E-state index is -1.63. The molecule has 0 saturated carbocycles. The molecule has 2 aromatic rings. The van der Waals surface area contributed by atoms with Gasteiger partial charge in [-0.1, -0.05) is 0 Å². The molecule has 6 heteroatoms. The first kappa shape index (κ1) is 14.5. The van der Waals surface area contributed by atoms with Crippen LogP contribution in [0, 0.1) is 0 Å². The maximum atomic E-state index is 5.26. The molecule has 1 heterocycles. The maximum absolute atomic E-state index is 5.26. The first-order valence-corrected chi connectivity index (χ1v) is 13.7. The zero-order valence-corrected chi connectivity index (χ0v) is 14.9. The predicted molar refractivity (Wildman–Crippen MR) is 97.1 cm³/mol. The van der Waals surface area contributed by atoms with E-state index in [1.165, 1.54) is 10.6 Å². The Balaban J connectivity index is 1.96. The average molecular weight is 342 g/mol. The van der Waals surface area contributed by atoms with Crippen molar-refractivity contribution in [3.05, 3.63) is 48.5 Å². The van der Waals surface area contributed by atoms with E-state index < -0.39 is 5.67 Å². The van der Waals surface area contributed by atoms with Gasteiger partial charge in [-0.15, -0.1) is 0 Å². The number of rotatable bonds is 4. The van der Waals surface area contributed by atoms with Crippen molar-refractivity contribution in [2.45, 2.75) is 0 Å². The SMILES string of the molecule is COc1ccc([PH]2(c3ccc(OC)cc3)SPS2)cc1. The Kier molecular flexibility index (Phi) is 4.47. The molecule has 2 nitrogen and oxygen atoms in total. The monoisotopic (exact) mass is 342 g/mol. The van der Waals surface area contributed by atoms with Crippen LogP contribution in [0.15, 0.2) is 48.5 Å². The molecule has 20 heavy (non-hydrogen) atoms. The molecule has 0 aliphatic carbocycles. The number of ether oxygens (including phenoxy) is 2. The fourth-order valence-corrected chi connectivity index (χ4v) is 21.5. The van der Waals surface area contributed by atoms with E-state index in [9.17, 15) is 0 Å². The Bertz CT molecular complexity index is 534. The molecular weight excluding hydrogens is 326 g/mol. The van der Waals surface area contributed by atoms with Crippen LogP contribution in [0.3, 0.4) is 0 Å². The number of methoxy groups -OCH3 is 2. The summed E-state index contributed by atoms with van der Waals surface area (Å²) >= 11 is 4.27. The molecule has 0 aromatic heterocycles. The van der Waals surface area contributed by atoms with Crippen LogP contribution in [0.4, 0.5) is 0 Å². The second-order valence-corrected chi connectivity index (χ2v) is 18.7. The summed E-state index contributed by atoms with van der Waals surface area (Å²) < 4.78 is 10.5. The Morgan fingerprint density at radius 2 is 1.15 bits per heavy atom. The van der Waals surface area contributed by atoms with Crippen LogP contribution in [0.2, 0.25) is 0 Å². The molecule has 0 amide bonds. The molecule has 1 aliphatic rings. The van der Waals surface area contributed by atoms with Gasteiger partial charge in [0.25, 0.3) is 0 Å². The van der Waals surface area contributed by atoms with Crippen LogP contribution in [-0.4, -0.2) is 14.2 Å². The van der Waals surface area contributed by atoms with E-state index in [1.54, 1.807) is 14.2 Å². The van der Waals surface area contributed by atoms with Gasteiger partial charge in [0, 0.05) is 0 Å². The van der Waals surface area contributed by atoms with E-state index in [2.05, 4.69) is 70.5 Å². The third-order valence-corrected chi connectivity index (χ3v) is 27.0. The zero-order valence-electron chi connectivity index (χ0n) is 11.3. The molecule has 0 spiro atoms. The summed E-state index contributed by atoms with van der Waals surface area (Å²) in [6, 6.07) is 17.1. The topological polar surface area (TPSA) is 18.5 Å². The third kappa shape index (κ3) is 2.55. The molecule has 1 fully saturated rings. The van der Waals surface area contributed by atoms with Gasteiger partial charge in [0.1, 0.15) is 0 Å². The van der Waals surface area contributed by atoms with E-state index in [0.29, 0.717) is 0 Å². The molecule has 0 atom stereocenters. The molecule has 3 rings (SSSR count).